The van der Waals surface area contributed by atoms with E-state index in [1.54, 1.807) is 35.0 Å². The molecule has 36 heavy (non-hydrogen) atoms. The van der Waals surface area contributed by atoms with E-state index in [0.717, 1.165) is 39.3 Å². The molecule has 0 saturated heterocycles. The Bertz CT molecular complexity index is 1070. The van der Waals surface area contributed by atoms with Crippen molar-refractivity contribution in [1.82, 2.24) is 5.32 Å². The number of benzene rings is 2. The Morgan fingerprint density at radius 1 is 0.944 bits per heavy atom. The first kappa shape index (κ1) is 28.8. The fourth-order valence-corrected chi connectivity index (χ4v) is 3.88. The van der Waals surface area contributed by atoms with E-state index in [0.29, 0.717) is 12.8 Å². The summed E-state index contributed by atoms with van der Waals surface area (Å²) < 4.78 is 22.1. The molecule has 1 N–H and O–H groups in total. The molecule has 2 aromatic rings. The van der Waals surface area contributed by atoms with E-state index in [2.05, 4.69) is 5.32 Å². The Balaban J connectivity index is 2.13. The fourth-order valence-electron chi connectivity index (χ4n) is 3.88. The number of amides is 1. The molecule has 0 spiro atoms. The quantitative estimate of drug-likeness (QED) is 0.402. The normalized spacial score (nSPS) is 12.2. The predicted molar refractivity (Wildman–Crippen MR) is 141 cm³/mol. The van der Waals surface area contributed by atoms with Crippen LogP contribution in [-0.2, 0) is 20.9 Å². The molecule has 1 unspecified atom stereocenters. The molecule has 2 aromatic carbocycles. The number of nitrogens with one attached hydrogen (secondary N) is 1. The van der Waals surface area contributed by atoms with Gasteiger partial charge in [-0.1, -0.05) is 42.5 Å². The van der Waals surface area contributed by atoms with Gasteiger partial charge in [0.05, 0.1) is 14.2 Å². The maximum absolute atomic E-state index is 12.8. The summed E-state index contributed by atoms with van der Waals surface area (Å²) in [6, 6.07) is 8.50. The third-order valence-electron chi connectivity index (χ3n) is 5.74. The zero-order chi connectivity index (χ0) is 26.9. The third kappa shape index (κ3) is 8.04. The van der Waals surface area contributed by atoms with Gasteiger partial charge in [-0.15, -0.1) is 0 Å². The summed E-state index contributed by atoms with van der Waals surface area (Å²) in [6.45, 7) is 11.5. The number of methoxy groups -OCH3 is 2. The van der Waals surface area contributed by atoms with Crippen molar-refractivity contribution in [3.05, 3.63) is 64.2 Å². The molecule has 0 radical (unpaired) electrons. The van der Waals surface area contributed by atoms with E-state index in [1.165, 1.54) is 0 Å². The summed E-state index contributed by atoms with van der Waals surface area (Å²) in [7, 11) is 3.30. The van der Waals surface area contributed by atoms with Crippen LogP contribution in [0.25, 0.3) is 6.08 Å². The lowest BCUT2D eigenvalue weighted by molar-refractivity contribution is -0.157. The number of alkyl carbamates (subject to hydrolysis) is 1. The first-order valence-corrected chi connectivity index (χ1v) is 12.1. The molecule has 0 aliphatic heterocycles. The molecule has 0 aliphatic rings. The van der Waals surface area contributed by atoms with Crippen LogP contribution in [0, 0.1) is 20.8 Å². The number of carbonyl (C=O) groups excluding carboxylic acids is 2. The van der Waals surface area contributed by atoms with Gasteiger partial charge in [0.25, 0.3) is 0 Å². The first-order valence-electron chi connectivity index (χ1n) is 12.1. The van der Waals surface area contributed by atoms with Gasteiger partial charge < -0.3 is 24.3 Å². The van der Waals surface area contributed by atoms with Gasteiger partial charge in [-0.3, -0.25) is 0 Å². The third-order valence-corrected chi connectivity index (χ3v) is 5.74. The number of hydrogen-bond acceptors (Lipinski definition) is 6. The molecule has 0 heterocycles. The van der Waals surface area contributed by atoms with Crippen LogP contribution in [0.5, 0.6) is 11.5 Å². The minimum Gasteiger partial charge on any atom is -0.496 e. The molecule has 0 bridgehead atoms. The average Bonchev–Trinajstić information content (AvgIpc) is 2.82. The number of carbonyl (C=O) groups is 2. The second kappa shape index (κ2) is 13.0. The van der Waals surface area contributed by atoms with Crippen LogP contribution in [0.1, 0.15) is 61.4 Å². The highest BCUT2D eigenvalue weighted by Gasteiger charge is 2.27. The van der Waals surface area contributed by atoms with Crippen LogP contribution in [0.4, 0.5) is 4.79 Å². The Kier molecular flexibility index (Phi) is 10.4. The topological polar surface area (TPSA) is 83.1 Å². The Labute approximate surface area is 214 Å². The van der Waals surface area contributed by atoms with Gasteiger partial charge in [0, 0.05) is 11.1 Å². The second-order valence-corrected chi connectivity index (χ2v) is 9.63. The van der Waals surface area contributed by atoms with Gasteiger partial charge in [0.15, 0.2) is 0 Å². The number of allylic oxidation sites excluding steroid dienone is 1. The Morgan fingerprint density at radius 2 is 1.56 bits per heavy atom. The average molecular weight is 498 g/mol. The molecule has 2 rings (SSSR count). The molecular weight excluding hydrogens is 458 g/mol. The van der Waals surface area contributed by atoms with Crippen molar-refractivity contribution in [2.45, 2.75) is 72.6 Å². The van der Waals surface area contributed by atoms with Gasteiger partial charge in [-0.25, -0.2) is 9.59 Å². The highest BCUT2D eigenvalue weighted by molar-refractivity contribution is 5.81. The van der Waals surface area contributed by atoms with E-state index in [1.807, 2.05) is 63.3 Å². The lowest BCUT2D eigenvalue weighted by Crippen LogP contribution is -2.44. The van der Waals surface area contributed by atoms with Crippen molar-refractivity contribution >= 4 is 18.1 Å². The maximum Gasteiger partial charge on any atom is 0.408 e. The van der Waals surface area contributed by atoms with Crippen molar-refractivity contribution in [2.75, 3.05) is 14.2 Å². The largest absolute Gasteiger partial charge is 0.496 e. The van der Waals surface area contributed by atoms with E-state index >= 15 is 0 Å². The van der Waals surface area contributed by atoms with E-state index < -0.39 is 23.7 Å². The molecule has 0 aliphatic carbocycles. The summed E-state index contributed by atoms with van der Waals surface area (Å²) in [4.78, 5) is 25.2. The standard InChI is InChI=1S/C29H39NO6/c1-19-20(2)26(34-8)23(21(3)25(19)33-7)16-12-13-17-24(27(31)36-29(4,5)6)30-28(32)35-18-22-14-10-9-11-15-22/h9-12,14-16,24H,13,17-18H2,1-8H3,(H,30,32)/b16-12+. The minimum atomic E-state index is -0.852. The molecule has 7 heteroatoms. The van der Waals surface area contributed by atoms with Gasteiger partial charge in [0.2, 0.25) is 0 Å². The summed E-state index contributed by atoms with van der Waals surface area (Å²) in [5.41, 5.74) is 4.11. The number of hydrogen-bond donors (Lipinski definition) is 1. The van der Waals surface area contributed by atoms with Crippen molar-refractivity contribution in [3.63, 3.8) is 0 Å². The van der Waals surface area contributed by atoms with Crippen molar-refractivity contribution in [3.8, 4) is 11.5 Å². The number of esters is 1. The zero-order valence-electron chi connectivity index (χ0n) is 22.7. The van der Waals surface area contributed by atoms with Crippen LogP contribution in [-0.4, -0.2) is 37.9 Å². The van der Waals surface area contributed by atoms with Crippen LogP contribution in [0.3, 0.4) is 0 Å². The van der Waals surface area contributed by atoms with Crippen LogP contribution < -0.4 is 14.8 Å². The zero-order valence-corrected chi connectivity index (χ0v) is 22.7. The SMILES string of the molecule is COc1c(C)c(C)c(OC)c(/C=C/CCC(NC(=O)OCc2ccccc2)C(=O)OC(C)(C)C)c1C. The smallest absolute Gasteiger partial charge is 0.408 e. The first-order chi connectivity index (χ1) is 17.0. The number of ether oxygens (including phenoxy) is 4. The van der Waals surface area contributed by atoms with Crippen molar-refractivity contribution < 1.29 is 28.5 Å². The lowest BCUT2D eigenvalue weighted by Gasteiger charge is -2.24. The summed E-state index contributed by atoms with van der Waals surface area (Å²) in [5, 5.41) is 2.66. The van der Waals surface area contributed by atoms with Crippen LogP contribution >= 0.6 is 0 Å². The number of rotatable bonds is 10. The second-order valence-electron chi connectivity index (χ2n) is 9.63. The lowest BCUT2D eigenvalue weighted by atomic mass is 9.96. The molecule has 1 amide bonds. The Hall–Kier alpha value is -3.48. The molecular formula is C29H39NO6. The highest BCUT2D eigenvalue weighted by Crippen LogP contribution is 2.38. The van der Waals surface area contributed by atoms with Crippen LogP contribution in [0.15, 0.2) is 36.4 Å². The minimum absolute atomic E-state index is 0.112. The summed E-state index contributed by atoms with van der Waals surface area (Å²) in [6.07, 6.45) is 4.10. The molecule has 0 fully saturated rings. The van der Waals surface area contributed by atoms with Crippen LogP contribution in [0.2, 0.25) is 0 Å². The summed E-state index contributed by atoms with van der Waals surface area (Å²) in [5.74, 6) is 1.10. The molecule has 196 valence electrons. The predicted octanol–water partition coefficient (Wildman–Crippen LogP) is 6.06. The molecule has 0 saturated carbocycles. The van der Waals surface area contributed by atoms with Gasteiger partial charge >= 0.3 is 12.1 Å². The van der Waals surface area contributed by atoms with Gasteiger partial charge in [0.1, 0.15) is 29.7 Å². The maximum atomic E-state index is 12.8. The van der Waals surface area contributed by atoms with E-state index in [4.69, 9.17) is 18.9 Å². The van der Waals surface area contributed by atoms with Crippen molar-refractivity contribution in [2.24, 2.45) is 0 Å². The van der Waals surface area contributed by atoms with Crippen molar-refractivity contribution in [1.29, 1.82) is 0 Å². The van der Waals surface area contributed by atoms with E-state index in [-0.39, 0.29) is 6.61 Å². The molecule has 7 nitrogen and oxygen atoms in total. The summed E-state index contributed by atoms with van der Waals surface area (Å²) >= 11 is 0. The van der Waals surface area contributed by atoms with E-state index in [9.17, 15) is 9.59 Å². The van der Waals surface area contributed by atoms with Gasteiger partial charge in [-0.05, 0) is 71.1 Å². The molecule has 1 atom stereocenters. The van der Waals surface area contributed by atoms with Gasteiger partial charge in [-0.2, -0.15) is 0 Å². The Morgan fingerprint density at radius 3 is 2.14 bits per heavy atom. The molecule has 0 aromatic heterocycles. The fraction of sp³-hybridized carbons (Fsp3) is 0.448. The monoisotopic (exact) mass is 497 g/mol. The highest BCUT2D eigenvalue weighted by atomic mass is 16.6.